The molecule has 1 unspecified atom stereocenters. The second kappa shape index (κ2) is 8.47. The Kier molecular flexibility index (Phi) is 5.80. The minimum absolute atomic E-state index is 0.00945. The van der Waals surface area contributed by atoms with Crippen molar-refractivity contribution in [3.05, 3.63) is 82.2 Å². The van der Waals surface area contributed by atoms with Crippen LogP contribution in [-0.4, -0.2) is 0 Å². The van der Waals surface area contributed by atoms with Crippen LogP contribution in [0.4, 0.5) is 4.39 Å². The Hall–Kier alpha value is -2.15. The van der Waals surface area contributed by atoms with Gasteiger partial charge in [-0.15, -0.1) is 0 Å². The Bertz CT molecular complexity index is 969. The third-order valence-corrected chi connectivity index (χ3v) is 6.46. The first-order chi connectivity index (χ1) is 13.7. The molecule has 28 heavy (non-hydrogen) atoms. The minimum atomic E-state index is -0.00945. The van der Waals surface area contributed by atoms with Crippen LogP contribution in [0.15, 0.2) is 48.5 Å². The highest BCUT2D eigenvalue weighted by molar-refractivity contribution is 5.84. The fourth-order valence-electron chi connectivity index (χ4n) is 4.70. The SMILES string of the molecule is CCCCCc1ccc2c(c1)CCC(c1ccc3cc(CC)ccc3c1F)C2. The zero-order valence-corrected chi connectivity index (χ0v) is 17.2. The molecule has 0 N–H and O–H groups in total. The molecular weight excluding hydrogens is 343 g/mol. The summed E-state index contributed by atoms with van der Waals surface area (Å²) in [4.78, 5) is 0. The number of benzene rings is 3. The van der Waals surface area contributed by atoms with Gasteiger partial charge in [0.1, 0.15) is 5.82 Å². The molecule has 0 aliphatic heterocycles. The normalized spacial score (nSPS) is 16.3. The molecule has 1 aliphatic rings. The number of hydrogen-bond acceptors (Lipinski definition) is 0. The van der Waals surface area contributed by atoms with E-state index in [2.05, 4.69) is 50.2 Å². The standard InChI is InChI=1S/C27H31F/c1-3-5-6-7-20-8-10-22-18-24(12-11-21(22)17-20)26-15-13-23-16-19(4-2)9-14-25(23)27(26)28/h8-10,13-17,24H,3-7,11-12,18H2,1-2H3. The smallest absolute Gasteiger partial charge is 0.134 e. The lowest BCUT2D eigenvalue weighted by Crippen LogP contribution is -2.14. The van der Waals surface area contributed by atoms with E-state index in [-0.39, 0.29) is 11.7 Å². The number of halogens is 1. The van der Waals surface area contributed by atoms with Gasteiger partial charge in [-0.25, -0.2) is 4.39 Å². The van der Waals surface area contributed by atoms with Crippen LogP contribution in [0, 0.1) is 5.82 Å². The van der Waals surface area contributed by atoms with Gasteiger partial charge in [0, 0.05) is 5.39 Å². The van der Waals surface area contributed by atoms with Gasteiger partial charge in [0.05, 0.1) is 0 Å². The summed E-state index contributed by atoms with van der Waals surface area (Å²) < 4.78 is 15.3. The highest BCUT2D eigenvalue weighted by atomic mass is 19.1. The molecule has 0 saturated heterocycles. The van der Waals surface area contributed by atoms with Gasteiger partial charge in [0.2, 0.25) is 0 Å². The third kappa shape index (κ3) is 3.85. The van der Waals surface area contributed by atoms with E-state index in [4.69, 9.17) is 0 Å². The van der Waals surface area contributed by atoms with Gasteiger partial charge in [0.15, 0.2) is 0 Å². The summed E-state index contributed by atoms with van der Waals surface area (Å²) in [5.41, 5.74) is 6.53. The maximum absolute atomic E-state index is 15.3. The minimum Gasteiger partial charge on any atom is -0.206 e. The highest BCUT2D eigenvalue weighted by Gasteiger charge is 2.23. The van der Waals surface area contributed by atoms with E-state index in [1.54, 1.807) is 0 Å². The van der Waals surface area contributed by atoms with Crippen LogP contribution in [0.25, 0.3) is 10.8 Å². The van der Waals surface area contributed by atoms with Crippen LogP contribution in [0.3, 0.4) is 0 Å². The molecule has 0 nitrogen and oxygen atoms in total. The molecule has 3 aromatic carbocycles. The summed E-state index contributed by atoms with van der Waals surface area (Å²) in [6.07, 6.45) is 9.08. The lowest BCUT2D eigenvalue weighted by molar-refractivity contribution is 0.539. The quantitative estimate of drug-likeness (QED) is 0.391. The summed E-state index contributed by atoms with van der Waals surface area (Å²) in [5.74, 6) is 0.276. The number of aryl methyl sites for hydroxylation is 3. The third-order valence-electron chi connectivity index (χ3n) is 6.46. The topological polar surface area (TPSA) is 0 Å². The van der Waals surface area contributed by atoms with E-state index in [0.29, 0.717) is 0 Å². The molecule has 1 aliphatic carbocycles. The van der Waals surface area contributed by atoms with Crippen LogP contribution < -0.4 is 0 Å². The Morgan fingerprint density at radius 3 is 2.57 bits per heavy atom. The molecule has 0 heterocycles. The van der Waals surface area contributed by atoms with Crippen LogP contribution in [0.2, 0.25) is 0 Å². The highest BCUT2D eigenvalue weighted by Crippen LogP contribution is 2.36. The summed E-state index contributed by atoms with van der Waals surface area (Å²) in [6, 6.07) is 17.3. The summed E-state index contributed by atoms with van der Waals surface area (Å²) in [7, 11) is 0. The van der Waals surface area contributed by atoms with Gasteiger partial charge in [0.25, 0.3) is 0 Å². The van der Waals surface area contributed by atoms with Crippen molar-refractivity contribution in [1.82, 2.24) is 0 Å². The lowest BCUT2D eigenvalue weighted by Gasteiger charge is -2.26. The first-order valence-corrected chi connectivity index (χ1v) is 11.0. The van der Waals surface area contributed by atoms with Crippen molar-refractivity contribution in [1.29, 1.82) is 0 Å². The van der Waals surface area contributed by atoms with Crippen molar-refractivity contribution in [3.63, 3.8) is 0 Å². The molecule has 0 aromatic heterocycles. The van der Waals surface area contributed by atoms with Crippen molar-refractivity contribution < 1.29 is 4.39 Å². The molecule has 0 amide bonds. The van der Waals surface area contributed by atoms with Crippen molar-refractivity contribution >= 4 is 10.8 Å². The van der Waals surface area contributed by atoms with Gasteiger partial charge in [-0.2, -0.15) is 0 Å². The van der Waals surface area contributed by atoms with E-state index in [9.17, 15) is 0 Å². The van der Waals surface area contributed by atoms with Crippen LogP contribution in [0.5, 0.6) is 0 Å². The summed E-state index contributed by atoms with van der Waals surface area (Å²) in [6.45, 7) is 4.39. The van der Waals surface area contributed by atoms with Crippen LogP contribution in [0.1, 0.15) is 73.3 Å². The Labute approximate surface area is 168 Å². The van der Waals surface area contributed by atoms with Gasteiger partial charge in [-0.05, 0) is 77.6 Å². The first-order valence-electron chi connectivity index (χ1n) is 11.0. The van der Waals surface area contributed by atoms with Crippen molar-refractivity contribution in [3.8, 4) is 0 Å². The molecule has 3 aromatic rings. The molecule has 0 fully saturated rings. The number of fused-ring (bicyclic) bond motifs is 2. The monoisotopic (exact) mass is 374 g/mol. The van der Waals surface area contributed by atoms with E-state index in [1.165, 1.54) is 47.9 Å². The van der Waals surface area contributed by atoms with E-state index >= 15 is 4.39 Å². The molecule has 146 valence electrons. The molecule has 1 atom stereocenters. The zero-order valence-electron chi connectivity index (χ0n) is 17.2. The van der Waals surface area contributed by atoms with E-state index in [1.807, 2.05) is 12.1 Å². The van der Waals surface area contributed by atoms with Crippen LogP contribution >= 0.6 is 0 Å². The second-order valence-electron chi connectivity index (χ2n) is 8.38. The Morgan fingerprint density at radius 2 is 1.75 bits per heavy atom. The predicted molar refractivity (Wildman–Crippen MR) is 118 cm³/mol. The summed E-state index contributed by atoms with van der Waals surface area (Å²) >= 11 is 0. The van der Waals surface area contributed by atoms with E-state index in [0.717, 1.165) is 42.0 Å². The van der Waals surface area contributed by atoms with Crippen molar-refractivity contribution in [2.45, 2.75) is 71.1 Å². The maximum Gasteiger partial charge on any atom is 0.134 e. The zero-order chi connectivity index (χ0) is 19.5. The number of hydrogen-bond donors (Lipinski definition) is 0. The maximum atomic E-state index is 15.3. The van der Waals surface area contributed by atoms with Gasteiger partial charge in [-0.3, -0.25) is 0 Å². The van der Waals surface area contributed by atoms with E-state index < -0.39 is 0 Å². The fourth-order valence-corrected chi connectivity index (χ4v) is 4.70. The van der Waals surface area contributed by atoms with Gasteiger partial charge in [-0.1, -0.05) is 75.2 Å². The molecule has 0 spiro atoms. The molecular formula is C27H31F. The second-order valence-corrected chi connectivity index (χ2v) is 8.38. The van der Waals surface area contributed by atoms with Crippen molar-refractivity contribution in [2.75, 3.05) is 0 Å². The molecule has 4 rings (SSSR count). The first kappa shape index (κ1) is 19.2. The predicted octanol–water partition coefficient (Wildman–Crippen LogP) is 7.55. The number of unbranched alkanes of at least 4 members (excludes halogenated alkanes) is 2. The number of rotatable bonds is 6. The molecule has 0 saturated carbocycles. The molecule has 0 bridgehead atoms. The average molecular weight is 375 g/mol. The molecule has 0 radical (unpaired) electrons. The van der Waals surface area contributed by atoms with Crippen molar-refractivity contribution in [2.24, 2.45) is 0 Å². The Morgan fingerprint density at radius 1 is 0.893 bits per heavy atom. The largest absolute Gasteiger partial charge is 0.206 e. The fraction of sp³-hybridized carbons (Fsp3) is 0.407. The average Bonchev–Trinajstić information content (AvgIpc) is 2.73. The van der Waals surface area contributed by atoms with Crippen LogP contribution in [-0.2, 0) is 25.7 Å². The summed E-state index contributed by atoms with van der Waals surface area (Å²) in [5, 5.41) is 1.79. The van der Waals surface area contributed by atoms with Gasteiger partial charge >= 0.3 is 0 Å². The molecule has 1 heteroatoms. The van der Waals surface area contributed by atoms with Gasteiger partial charge < -0.3 is 0 Å². The Balaban J connectivity index is 1.56. The lowest BCUT2D eigenvalue weighted by atomic mass is 9.79.